The lowest BCUT2D eigenvalue weighted by Crippen LogP contribution is -2.10. The van der Waals surface area contributed by atoms with Crippen molar-refractivity contribution in [3.63, 3.8) is 0 Å². The maximum Gasteiger partial charge on any atom is 0.135 e. The lowest BCUT2D eigenvalue weighted by atomic mass is 10.1. The molecule has 0 atom stereocenters. The van der Waals surface area contributed by atoms with Crippen molar-refractivity contribution in [3.05, 3.63) is 90.5 Å². The Bertz CT molecular complexity index is 668. The number of nitrogens with zero attached hydrogens (tertiary/aromatic N) is 3. The molecule has 3 aromatic rings. The normalized spacial score (nSPS) is 9.90. The van der Waals surface area contributed by atoms with E-state index in [1.807, 2.05) is 66.7 Å². The fraction of sp³-hybridized carbons (Fsp3) is 0. The van der Waals surface area contributed by atoms with Crippen molar-refractivity contribution in [3.8, 4) is 0 Å². The van der Waals surface area contributed by atoms with Crippen molar-refractivity contribution < 1.29 is 0 Å². The van der Waals surface area contributed by atoms with Crippen molar-refractivity contribution in [1.29, 1.82) is 0 Å². The molecule has 21 heavy (non-hydrogen) atoms. The average Bonchev–Trinajstić information content (AvgIpc) is 2.58. The van der Waals surface area contributed by atoms with E-state index < -0.39 is 0 Å². The van der Waals surface area contributed by atoms with E-state index in [2.05, 4.69) is 20.5 Å². The van der Waals surface area contributed by atoms with Crippen LogP contribution in [0.15, 0.2) is 84.2 Å². The van der Waals surface area contributed by atoms with Crippen LogP contribution in [0.25, 0.3) is 0 Å². The van der Waals surface area contributed by atoms with Gasteiger partial charge in [-0.15, -0.1) is 0 Å². The van der Waals surface area contributed by atoms with Crippen LogP contribution in [0.4, 0.5) is 5.69 Å². The van der Waals surface area contributed by atoms with Gasteiger partial charge in [0.2, 0.25) is 0 Å². The van der Waals surface area contributed by atoms with E-state index >= 15 is 0 Å². The van der Waals surface area contributed by atoms with Crippen molar-refractivity contribution in [2.75, 3.05) is 5.43 Å². The number of benzene rings is 1. The minimum absolute atomic E-state index is 0.708. The molecular weight excluding hydrogens is 260 g/mol. The molecule has 0 amide bonds. The molecule has 0 aliphatic carbocycles. The van der Waals surface area contributed by atoms with Gasteiger partial charge >= 0.3 is 0 Å². The van der Waals surface area contributed by atoms with Crippen molar-refractivity contribution in [2.24, 2.45) is 5.10 Å². The largest absolute Gasteiger partial charge is 0.278 e. The van der Waals surface area contributed by atoms with Crippen LogP contribution in [0.5, 0.6) is 0 Å². The highest BCUT2D eigenvalue weighted by Crippen LogP contribution is 2.09. The summed E-state index contributed by atoms with van der Waals surface area (Å²) in [7, 11) is 0. The fourth-order valence-corrected chi connectivity index (χ4v) is 1.88. The Kier molecular flexibility index (Phi) is 3.98. The van der Waals surface area contributed by atoms with Gasteiger partial charge in [-0.25, -0.2) is 0 Å². The topological polar surface area (TPSA) is 50.2 Å². The molecule has 4 heteroatoms. The van der Waals surface area contributed by atoms with Crippen LogP contribution in [-0.2, 0) is 0 Å². The van der Waals surface area contributed by atoms with Gasteiger partial charge < -0.3 is 0 Å². The highest BCUT2D eigenvalue weighted by Gasteiger charge is 2.09. The second-order valence-electron chi connectivity index (χ2n) is 4.37. The lowest BCUT2D eigenvalue weighted by Gasteiger charge is -2.06. The molecule has 0 radical (unpaired) electrons. The predicted molar refractivity (Wildman–Crippen MR) is 84.2 cm³/mol. The van der Waals surface area contributed by atoms with Gasteiger partial charge in [0.1, 0.15) is 5.71 Å². The van der Waals surface area contributed by atoms with Gasteiger partial charge in [-0.1, -0.05) is 30.3 Å². The molecule has 2 heterocycles. The Balaban J connectivity index is 1.97. The summed E-state index contributed by atoms with van der Waals surface area (Å²) in [6.45, 7) is 0. The molecular formula is C17H14N4. The quantitative estimate of drug-likeness (QED) is 0.586. The summed E-state index contributed by atoms with van der Waals surface area (Å²) in [5.41, 5.74) is 6.23. The molecule has 0 saturated carbocycles. The standard InChI is InChI=1S/C17H14N4/c1-2-8-14(9-3-1)20-21-17(15-10-4-6-12-18-15)16-11-5-7-13-19-16/h1-13,20H. The van der Waals surface area contributed by atoms with Crippen LogP contribution in [0, 0.1) is 0 Å². The first kappa shape index (κ1) is 13.0. The number of pyridine rings is 2. The summed E-state index contributed by atoms with van der Waals surface area (Å²) in [6, 6.07) is 21.3. The zero-order valence-electron chi connectivity index (χ0n) is 11.3. The van der Waals surface area contributed by atoms with Crippen LogP contribution >= 0.6 is 0 Å². The zero-order chi connectivity index (χ0) is 14.3. The molecule has 0 fully saturated rings. The Morgan fingerprint density at radius 2 is 1.29 bits per heavy atom. The number of anilines is 1. The Labute approximate surface area is 123 Å². The van der Waals surface area contributed by atoms with E-state index in [0.717, 1.165) is 17.1 Å². The third kappa shape index (κ3) is 3.30. The lowest BCUT2D eigenvalue weighted by molar-refractivity contribution is 1.21. The molecule has 0 bridgehead atoms. The molecule has 0 unspecified atom stereocenters. The van der Waals surface area contributed by atoms with Gasteiger partial charge in [0, 0.05) is 12.4 Å². The highest BCUT2D eigenvalue weighted by atomic mass is 15.3. The fourth-order valence-electron chi connectivity index (χ4n) is 1.88. The van der Waals surface area contributed by atoms with Gasteiger partial charge in [0.15, 0.2) is 0 Å². The summed E-state index contributed by atoms with van der Waals surface area (Å²) in [6.07, 6.45) is 3.49. The molecule has 2 aromatic heterocycles. The maximum atomic E-state index is 4.48. The number of nitrogens with one attached hydrogen (secondary N) is 1. The summed E-state index contributed by atoms with van der Waals surface area (Å²) in [5.74, 6) is 0. The van der Waals surface area contributed by atoms with Crippen molar-refractivity contribution in [1.82, 2.24) is 9.97 Å². The summed E-state index contributed by atoms with van der Waals surface area (Å²) in [4.78, 5) is 8.71. The first-order chi connectivity index (χ1) is 10.4. The van der Waals surface area contributed by atoms with Crippen molar-refractivity contribution in [2.45, 2.75) is 0 Å². The summed E-state index contributed by atoms with van der Waals surface area (Å²) in [5, 5.41) is 4.48. The number of rotatable bonds is 4. The molecule has 3 rings (SSSR count). The summed E-state index contributed by atoms with van der Waals surface area (Å²) >= 11 is 0. The number of aromatic nitrogens is 2. The molecule has 0 saturated heterocycles. The van der Waals surface area contributed by atoms with E-state index in [9.17, 15) is 0 Å². The molecule has 1 aromatic carbocycles. The first-order valence-electron chi connectivity index (χ1n) is 6.65. The third-order valence-corrected chi connectivity index (χ3v) is 2.89. The highest BCUT2D eigenvalue weighted by molar-refractivity contribution is 6.10. The van der Waals surface area contributed by atoms with Crippen LogP contribution in [0.1, 0.15) is 11.4 Å². The predicted octanol–water partition coefficient (Wildman–Crippen LogP) is 3.34. The van der Waals surface area contributed by atoms with Crippen molar-refractivity contribution >= 4 is 11.4 Å². The van der Waals surface area contributed by atoms with E-state index in [1.165, 1.54) is 0 Å². The van der Waals surface area contributed by atoms with Gasteiger partial charge in [-0.2, -0.15) is 5.10 Å². The van der Waals surface area contributed by atoms with Crippen LogP contribution in [0.2, 0.25) is 0 Å². The smallest absolute Gasteiger partial charge is 0.135 e. The second-order valence-corrected chi connectivity index (χ2v) is 4.37. The molecule has 1 N–H and O–H groups in total. The monoisotopic (exact) mass is 274 g/mol. The van der Waals surface area contributed by atoms with E-state index in [4.69, 9.17) is 0 Å². The van der Waals surface area contributed by atoms with Gasteiger partial charge in [0.05, 0.1) is 17.1 Å². The van der Waals surface area contributed by atoms with Crippen LogP contribution in [-0.4, -0.2) is 15.7 Å². The minimum Gasteiger partial charge on any atom is -0.278 e. The van der Waals surface area contributed by atoms with E-state index in [0.29, 0.717) is 5.71 Å². The number of para-hydroxylation sites is 1. The van der Waals surface area contributed by atoms with Crippen LogP contribution in [0.3, 0.4) is 0 Å². The molecule has 102 valence electrons. The maximum absolute atomic E-state index is 4.48. The Hall–Kier alpha value is -3.01. The van der Waals surface area contributed by atoms with Gasteiger partial charge in [-0.05, 0) is 36.4 Å². The minimum atomic E-state index is 0.708. The Morgan fingerprint density at radius 1 is 0.714 bits per heavy atom. The van der Waals surface area contributed by atoms with E-state index in [1.54, 1.807) is 12.4 Å². The van der Waals surface area contributed by atoms with E-state index in [-0.39, 0.29) is 0 Å². The van der Waals surface area contributed by atoms with Gasteiger partial charge in [-0.3, -0.25) is 15.4 Å². The second kappa shape index (κ2) is 6.43. The number of hydrazone groups is 1. The third-order valence-electron chi connectivity index (χ3n) is 2.89. The Morgan fingerprint density at radius 3 is 1.81 bits per heavy atom. The van der Waals surface area contributed by atoms with Crippen LogP contribution < -0.4 is 5.43 Å². The van der Waals surface area contributed by atoms with Gasteiger partial charge in [0.25, 0.3) is 0 Å². The number of hydrogen-bond donors (Lipinski definition) is 1. The zero-order valence-corrected chi connectivity index (χ0v) is 11.3. The SMILES string of the molecule is c1ccc(NN=C(c2ccccn2)c2ccccn2)cc1. The number of hydrogen-bond acceptors (Lipinski definition) is 4. The summed E-state index contributed by atoms with van der Waals surface area (Å²) < 4.78 is 0. The first-order valence-corrected chi connectivity index (χ1v) is 6.65. The molecule has 0 aliphatic heterocycles. The molecule has 0 aliphatic rings. The molecule has 0 spiro atoms. The average molecular weight is 274 g/mol. The molecule has 4 nitrogen and oxygen atoms in total.